The zero-order valence-corrected chi connectivity index (χ0v) is 15.3. The van der Waals surface area contributed by atoms with Crippen LogP contribution < -0.4 is 5.32 Å². The van der Waals surface area contributed by atoms with Crippen molar-refractivity contribution in [2.45, 2.75) is 25.7 Å². The second-order valence-electron chi connectivity index (χ2n) is 6.50. The Morgan fingerprint density at radius 1 is 1.07 bits per heavy atom. The summed E-state index contributed by atoms with van der Waals surface area (Å²) in [5.74, 6) is -2.04. The highest BCUT2D eigenvalue weighted by Crippen LogP contribution is 2.23. The molecule has 0 saturated heterocycles. The number of benzene rings is 1. The highest BCUT2D eigenvalue weighted by atomic mass is 16.4. The van der Waals surface area contributed by atoms with E-state index in [4.69, 9.17) is 5.11 Å². The molecule has 3 amide bonds. The van der Waals surface area contributed by atoms with Crippen LogP contribution >= 0.6 is 0 Å². The van der Waals surface area contributed by atoms with E-state index < -0.39 is 5.97 Å². The normalized spacial score (nSPS) is 13.0. The van der Waals surface area contributed by atoms with Crippen molar-refractivity contribution in [3.63, 3.8) is 0 Å². The molecule has 9 heteroatoms. The standard InChI is InChI=1S/C19H20N4O5/c1-22-16(19(27)28)14(11-20-22)21-15(24)9-3-2-6-10-23-17(25)12-7-4-5-8-13(12)18(23)26/h4-5,7-8,11H,2-3,6,9-10H2,1H3,(H,21,24)(H,27,28). The minimum atomic E-state index is -1.17. The third-order valence-electron chi connectivity index (χ3n) is 4.58. The van der Waals surface area contributed by atoms with Crippen LogP contribution in [-0.2, 0) is 11.8 Å². The Morgan fingerprint density at radius 2 is 1.71 bits per heavy atom. The van der Waals surface area contributed by atoms with E-state index in [1.807, 2.05) is 0 Å². The van der Waals surface area contributed by atoms with Crippen LogP contribution in [0.3, 0.4) is 0 Å². The number of carboxylic acids is 1. The van der Waals surface area contributed by atoms with Crippen LogP contribution in [0.25, 0.3) is 0 Å². The first kappa shape index (κ1) is 19.3. The average Bonchev–Trinajstić information content (AvgIpc) is 3.14. The maximum atomic E-state index is 12.3. The molecular weight excluding hydrogens is 364 g/mol. The number of hydrogen-bond donors (Lipinski definition) is 2. The maximum absolute atomic E-state index is 12.3. The number of nitrogens with one attached hydrogen (secondary N) is 1. The molecule has 3 rings (SSSR count). The number of nitrogens with zero attached hydrogens (tertiary/aromatic N) is 3. The van der Waals surface area contributed by atoms with Crippen LogP contribution in [0.5, 0.6) is 0 Å². The van der Waals surface area contributed by atoms with Gasteiger partial charge in [0, 0.05) is 20.0 Å². The van der Waals surface area contributed by atoms with E-state index in [0.717, 1.165) is 0 Å². The molecule has 0 bridgehead atoms. The summed E-state index contributed by atoms with van der Waals surface area (Å²) in [7, 11) is 1.48. The lowest BCUT2D eigenvalue weighted by Gasteiger charge is -2.13. The van der Waals surface area contributed by atoms with Crippen molar-refractivity contribution in [1.82, 2.24) is 14.7 Å². The average molecular weight is 384 g/mol. The first-order chi connectivity index (χ1) is 13.4. The number of imide groups is 1. The minimum Gasteiger partial charge on any atom is -0.476 e. The van der Waals surface area contributed by atoms with E-state index in [0.29, 0.717) is 36.9 Å². The number of hydrogen-bond acceptors (Lipinski definition) is 5. The van der Waals surface area contributed by atoms with E-state index in [2.05, 4.69) is 10.4 Å². The van der Waals surface area contributed by atoms with E-state index in [1.165, 1.54) is 22.8 Å². The number of carbonyl (C=O) groups is 4. The lowest BCUT2D eigenvalue weighted by atomic mass is 10.1. The first-order valence-corrected chi connectivity index (χ1v) is 8.90. The number of aryl methyl sites for hydroxylation is 1. The smallest absolute Gasteiger partial charge is 0.356 e. The predicted octanol–water partition coefficient (Wildman–Crippen LogP) is 1.91. The molecule has 1 aliphatic heterocycles. The van der Waals surface area contributed by atoms with Gasteiger partial charge in [-0.3, -0.25) is 24.0 Å². The lowest BCUT2D eigenvalue weighted by Crippen LogP contribution is -2.30. The maximum Gasteiger partial charge on any atom is 0.356 e. The SMILES string of the molecule is Cn1ncc(NC(=O)CCCCCN2C(=O)c3ccccc3C2=O)c1C(=O)O. The van der Waals surface area contributed by atoms with Gasteiger partial charge in [0.05, 0.1) is 23.0 Å². The van der Waals surface area contributed by atoms with Crippen LogP contribution in [-0.4, -0.2) is 50.0 Å². The molecule has 0 spiro atoms. The Labute approximate surface area is 160 Å². The Kier molecular flexibility index (Phi) is 5.53. The second kappa shape index (κ2) is 8.03. The summed E-state index contributed by atoms with van der Waals surface area (Å²) in [6.45, 7) is 0.305. The Hall–Kier alpha value is -3.49. The topological polar surface area (TPSA) is 122 Å². The van der Waals surface area contributed by atoms with E-state index in [-0.39, 0.29) is 35.5 Å². The molecule has 1 aliphatic rings. The number of rotatable bonds is 8. The van der Waals surface area contributed by atoms with Crippen LogP contribution in [0, 0.1) is 0 Å². The van der Waals surface area contributed by atoms with Crippen molar-refractivity contribution in [3.05, 3.63) is 47.3 Å². The molecule has 0 aliphatic carbocycles. The largest absolute Gasteiger partial charge is 0.476 e. The summed E-state index contributed by atoms with van der Waals surface area (Å²) in [5, 5.41) is 15.5. The number of carbonyl (C=O) groups excluding carboxylic acids is 3. The Morgan fingerprint density at radius 3 is 2.32 bits per heavy atom. The third-order valence-corrected chi connectivity index (χ3v) is 4.58. The molecule has 146 valence electrons. The molecule has 0 saturated carbocycles. The fraction of sp³-hybridized carbons (Fsp3) is 0.316. The summed E-state index contributed by atoms with van der Waals surface area (Å²) in [5.41, 5.74) is 0.931. The van der Waals surface area contributed by atoms with Gasteiger partial charge in [0.2, 0.25) is 5.91 Å². The van der Waals surface area contributed by atoms with Crippen LogP contribution in [0.1, 0.15) is 56.9 Å². The highest BCUT2D eigenvalue weighted by molar-refractivity contribution is 6.21. The van der Waals surface area contributed by atoms with Crippen molar-refractivity contribution in [3.8, 4) is 0 Å². The summed E-state index contributed by atoms with van der Waals surface area (Å²) in [6.07, 6.45) is 3.29. The number of amides is 3. The zero-order chi connectivity index (χ0) is 20.3. The molecule has 2 aromatic rings. The Bertz CT molecular complexity index is 915. The summed E-state index contributed by atoms with van der Waals surface area (Å²) in [4.78, 5) is 48.9. The number of carboxylic acid groups (broad SMARTS) is 1. The summed E-state index contributed by atoms with van der Waals surface area (Å²) >= 11 is 0. The molecule has 0 fully saturated rings. The van der Waals surface area contributed by atoms with Crippen LogP contribution in [0.2, 0.25) is 0 Å². The van der Waals surface area contributed by atoms with Gasteiger partial charge < -0.3 is 10.4 Å². The van der Waals surface area contributed by atoms with Gasteiger partial charge in [-0.1, -0.05) is 18.6 Å². The van der Waals surface area contributed by atoms with E-state index >= 15 is 0 Å². The molecule has 1 aromatic carbocycles. The number of aromatic carboxylic acids is 1. The molecule has 9 nitrogen and oxygen atoms in total. The van der Waals surface area contributed by atoms with Crippen molar-refractivity contribution in [1.29, 1.82) is 0 Å². The van der Waals surface area contributed by atoms with E-state index in [9.17, 15) is 19.2 Å². The first-order valence-electron chi connectivity index (χ1n) is 8.90. The van der Waals surface area contributed by atoms with Gasteiger partial charge >= 0.3 is 5.97 Å². The summed E-state index contributed by atoms with van der Waals surface area (Å²) in [6, 6.07) is 6.74. The molecule has 2 N–H and O–H groups in total. The third kappa shape index (κ3) is 3.78. The van der Waals surface area contributed by atoms with Gasteiger partial charge in [0.25, 0.3) is 11.8 Å². The van der Waals surface area contributed by atoms with Crippen LogP contribution in [0.4, 0.5) is 5.69 Å². The van der Waals surface area contributed by atoms with Gasteiger partial charge in [-0.05, 0) is 25.0 Å². The lowest BCUT2D eigenvalue weighted by molar-refractivity contribution is -0.116. The Balaban J connectivity index is 1.42. The zero-order valence-electron chi connectivity index (χ0n) is 15.3. The molecule has 28 heavy (non-hydrogen) atoms. The second-order valence-corrected chi connectivity index (χ2v) is 6.50. The molecule has 1 aromatic heterocycles. The fourth-order valence-electron chi connectivity index (χ4n) is 3.17. The monoisotopic (exact) mass is 384 g/mol. The number of anilines is 1. The quantitative estimate of drug-likeness (QED) is 0.530. The van der Waals surface area contributed by atoms with Gasteiger partial charge in [-0.15, -0.1) is 0 Å². The summed E-state index contributed by atoms with van der Waals surface area (Å²) < 4.78 is 1.18. The van der Waals surface area contributed by atoms with Crippen LogP contribution in [0.15, 0.2) is 30.5 Å². The van der Waals surface area contributed by atoms with Gasteiger partial charge in [0.1, 0.15) is 0 Å². The van der Waals surface area contributed by atoms with Crippen molar-refractivity contribution in [2.24, 2.45) is 7.05 Å². The molecule has 0 unspecified atom stereocenters. The predicted molar refractivity (Wildman–Crippen MR) is 99.1 cm³/mol. The highest BCUT2D eigenvalue weighted by Gasteiger charge is 2.34. The van der Waals surface area contributed by atoms with Gasteiger partial charge in [-0.2, -0.15) is 5.10 Å². The van der Waals surface area contributed by atoms with Crippen molar-refractivity contribution in [2.75, 3.05) is 11.9 Å². The molecular formula is C19H20N4O5. The van der Waals surface area contributed by atoms with Crippen molar-refractivity contribution >= 4 is 29.4 Å². The van der Waals surface area contributed by atoms with Gasteiger partial charge in [0.15, 0.2) is 5.69 Å². The van der Waals surface area contributed by atoms with Gasteiger partial charge in [-0.25, -0.2) is 4.79 Å². The van der Waals surface area contributed by atoms with E-state index in [1.54, 1.807) is 24.3 Å². The number of aromatic nitrogens is 2. The number of unbranched alkanes of at least 4 members (excludes halogenated alkanes) is 2. The molecule has 0 atom stereocenters. The molecule has 0 radical (unpaired) electrons. The van der Waals surface area contributed by atoms with Crippen molar-refractivity contribution < 1.29 is 24.3 Å². The fourth-order valence-corrected chi connectivity index (χ4v) is 3.17. The molecule has 2 heterocycles. The number of fused-ring (bicyclic) bond motifs is 1. The minimum absolute atomic E-state index is 0.0843.